The van der Waals surface area contributed by atoms with E-state index in [1.165, 1.54) is 19.3 Å². The summed E-state index contributed by atoms with van der Waals surface area (Å²) in [5.74, 6) is 1.86. The van der Waals surface area contributed by atoms with Crippen LogP contribution < -0.4 is 5.32 Å². The van der Waals surface area contributed by atoms with Crippen molar-refractivity contribution in [2.45, 2.75) is 39.2 Å². The largest absolute Gasteiger partial charge is 0.339 e. The molecule has 1 N–H and O–H groups in total. The second-order valence-electron chi connectivity index (χ2n) is 6.68. The number of hydrogen-bond donors (Lipinski definition) is 1. The lowest BCUT2D eigenvalue weighted by Gasteiger charge is -2.34. The van der Waals surface area contributed by atoms with Crippen molar-refractivity contribution in [3.8, 4) is 0 Å². The Kier molecular flexibility index (Phi) is 5.22. The predicted octanol–water partition coefficient (Wildman–Crippen LogP) is 1.17. The maximum absolute atomic E-state index is 12.2. The summed E-state index contributed by atoms with van der Waals surface area (Å²) in [7, 11) is 2.12. The SMILES string of the molecule is CC1CC(C)CC(NCC(=O)N2CCN(C)CC2)C1. The molecular weight excluding hydrogens is 238 g/mol. The lowest BCUT2D eigenvalue weighted by Crippen LogP contribution is -2.50. The van der Waals surface area contributed by atoms with E-state index in [9.17, 15) is 4.79 Å². The number of amides is 1. The molecule has 0 bridgehead atoms. The van der Waals surface area contributed by atoms with Crippen molar-refractivity contribution in [2.24, 2.45) is 11.8 Å². The molecule has 1 aliphatic heterocycles. The second-order valence-corrected chi connectivity index (χ2v) is 6.68. The van der Waals surface area contributed by atoms with E-state index in [0.29, 0.717) is 12.6 Å². The Balaban J connectivity index is 1.71. The van der Waals surface area contributed by atoms with Gasteiger partial charge in [-0.15, -0.1) is 0 Å². The van der Waals surface area contributed by atoms with Gasteiger partial charge in [0.05, 0.1) is 6.54 Å². The smallest absolute Gasteiger partial charge is 0.236 e. The Bertz CT molecular complexity index is 290. The number of carbonyl (C=O) groups excluding carboxylic acids is 1. The number of rotatable bonds is 3. The van der Waals surface area contributed by atoms with Gasteiger partial charge in [0.25, 0.3) is 0 Å². The fourth-order valence-corrected chi connectivity index (χ4v) is 3.51. The summed E-state index contributed by atoms with van der Waals surface area (Å²) in [6, 6.07) is 0.537. The minimum atomic E-state index is 0.277. The molecule has 0 aromatic rings. The number of carbonyl (C=O) groups is 1. The van der Waals surface area contributed by atoms with Gasteiger partial charge < -0.3 is 15.1 Å². The van der Waals surface area contributed by atoms with Gasteiger partial charge in [-0.25, -0.2) is 0 Å². The van der Waals surface area contributed by atoms with Gasteiger partial charge in [-0.1, -0.05) is 13.8 Å². The first-order valence-electron chi connectivity index (χ1n) is 7.74. The molecule has 1 saturated carbocycles. The number of likely N-dealkylation sites (N-methyl/N-ethyl adjacent to an activating group) is 1. The van der Waals surface area contributed by atoms with Crippen molar-refractivity contribution >= 4 is 5.91 Å². The topological polar surface area (TPSA) is 35.6 Å². The van der Waals surface area contributed by atoms with Crippen molar-refractivity contribution in [1.29, 1.82) is 0 Å². The molecular formula is C15H29N3O. The standard InChI is InChI=1S/C15H29N3O/c1-12-8-13(2)10-14(9-12)16-11-15(19)18-6-4-17(3)5-7-18/h12-14,16H,4-11H2,1-3H3. The zero-order valence-corrected chi connectivity index (χ0v) is 12.7. The van der Waals surface area contributed by atoms with E-state index in [-0.39, 0.29) is 5.91 Å². The molecule has 1 amide bonds. The first kappa shape index (κ1) is 14.8. The third-order valence-electron chi connectivity index (χ3n) is 4.58. The van der Waals surface area contributed by atoms with Crippen LogP contribution in [-0.2, 0) is 4.79 Å². The summed E-state index contributed by atoms with van der Waals surface area (Å²) in [6.45, 7) is 8.95. The Morgan fingerprint density at radius 3 is 2.21 bits per heavy atom. The minimum absolute atomic E-state index is 0.277. The molecule has 2 atom stereocenters. The number of hydrogen-bond acceptors (Lipinski definition) is 3. The monoisotopic (exact) mass is 267 g/mol. The molecule has 110 valence electrons. The van der Waals surface area contributed by atoms with Gasteiger partial charge in [-0.2, -0.15) is 0 Å². The molecule has 19 heavy (non-hydrogen) atoms. The predicted molar refractivity (Wildman–Crippen MR) is 78.0 cm³/mol. The van der Waals surface area contributed by atoms with Crippen LogP contribution in [0.5, 0.6) is 0 Å². The van der Waals surface area contributed by atoms with Gasteiger partial charge in [-0.3, -0.25) is 4.79 Å². The van der Waals surface area contributed by atoms with E-state index in [0.717, 1.165) is 38.0 Å². The molecule has 0 aromatic heterocycles. The van der Waals surface area contributed by atoms with Gasteiger partial charge in [0.1, 0.15) is 0 Å². The van der Waals surface area contributed by atoms with E-state index in [2.05, 4.69) is 31.1 Å². The van der Waals surface area contributed by atoms with Crippen LogP contribution in [0.2, 0.25) is 0 Å². The maximum atomic E-state index is 12.2. The van der Waals surface area contributed by atoms with Crippen molar-refractivity contribution < 1.29 is 4.79 Å². The fourth-order valence-electron chi connectivity index (χ4n) is 3.51. The van der Waals surface area contributed by atoms with Gasteiger partial charge in [0.15, 0.2) is 0 Å². The number of nitrogens with zero attached hydrogens (tertiary/aromatic N) is 2. The summed E-state index contributed by atoms with van der Waals surface area (Å²) >= 11 is 0. The molecule has 4 nitrogen and oxygen atoms in total. The highest BCUT2D eigenvalue weighted by Crippen LogP contribution is 2.28. The van der Waals surface area contributed by atoms with E-state index in [4.69, 9.17) is 0 Å². The van der Waals surface area contributed by atoms with Crippen LogP contribution in [0, 0.1) is 11.8 Å². The average molecular weight is 267 g/mol. The highest BCUT2D eigenvalue weighted by Gasteiger charge is 2.25. The quantitative estimate of drug-likeness (QED) is 0.834. The number of nitrogens with one attached hydrogen (secondary N) is 1. The third-order valence-corrected chi connectivity index (χ3v) is 4.58. The van der Waals surface area contributed by atoms with Crippen molar-refractivity contribution in [3.05, 3.63) is 0 Å². The van der Waals surface area contributed by atoms with Crippen molar-refractivity contribution in [3.63, 3.8) is 0 Å². The van der Waals surface area contributed by atoms with Crippen LogP contribution in [0.1, 0.15) is 33.1 Å². The van der Waals surface area contributed by atoms with E-state index in [1.54, 1.807) is 0 Å². The van der Waals surface area contributed by atoms with Crippen LogP contribution in [-0.4, -0.2) is 61.5 Å². The van der Waals surface area contributed by atoms with E-state index < -0.39 is 0 Å². The molecule has 1 heterocycles. The zero-order chi connectivity index (χ0) is 13.8. The lowest BCUT2D eigenvalue weighted by molar-refractivity contribution is -0.132. The average Bonchev–Trinajstić information content (AvgIpc) is 2.36. The van der Waals surface area contributed by atoms with Gasteiger partial charge in [0.2, 0.25) is 5.91 Å². The molecule has 2 fully saturated rings. The molecule has 1 saturated heterocycles. The van der Waals surface area contributed by atoms with Crippen LogP contribution in [0.25, 0.3) is 0 Å². The Labute approximate surface area is 117 Å². The summed E-state index contributed by atoms with van der Waals surface area (Å²) < 4.78 is 0. The molecule has 0 aromatic carbocycles. The van der Waals surface area contributed by atoms with E-state index >= 15 is 0 Å². The van der Waals surface area contributed by atoms with Gasteiger partial charge in [-0.05, 0) is 38.1 Å². The van der Waals surface area contributed by atoms with Crippen LogP contribution >= 0.6 is 0 Å². The first-order valence-corrected chi connectivity index (χ1v) is 7.74. The molecule has 4 heteroatoms. The summed E-state index contributed by atoms with van der Waals surface area (Å²) in [5, 5.41) is 3.49. The molecule has 2 rings (SSSR count). The van der Waals surface area contributed by atoms with Gasteiger partial charge >= 0.3 is 0 Å². The summed E-state index contributed by atoms with van der Waals surface area (Å²) in [5.41, 5.74) is 0. The molecule has 0 spiro atoms. The van der Waals surface area contributed by atoms with Crippen LogP contribution in [0.15, 0.2) is 0 Å². The Morgan fingerprint density at radius 2 is 1.63 bits per heavy atom. The molecule has 1 aliphatic carbocycles. The Hall–Kier alpha value is -0.610. The van der Waals surface area contributed by atoms with Crippen LogP contribution in [0.3, 0.4) is 0 Å². The molecule has 0 radical (unpaired) electrons. The second kappa shape index (κ2) is 6.71. The van der Waals surface area contributed by atoms with Crippen molar-refractivity contribution in [1.82, 2.24) is 15.1 Å². The third kappa shape index (κ3) is 4.46. The Morgan fingerprint density at radius 1 is 1.05 bits per heavy atom. The fraction of sp³-hybridized carbons (Fsp3) is 0.933. The molecule has 2 aliphatic rings. The normalized spacial score (nSPS) is 33.4. The van der Waals surface area contributed by atoms with Gasteiger partial charge in [0, 0.05) is 32.2 Å². The first-order chi connectivity index (χ1) is 9.04. The highest BCUT2D eigenvalue weighted by atomic mass is 16.2. The van der Waals surface area contributed by atoms with E-state index in [1.807, 2.05) is 4.90 Å². The van der Waals surface area contributed by atoms with Crippen LogP contribution in [0.4, 0.5) is 0 Å². The summed E-state index contributed by atoms with van der Waals surface area (Å²) in [4.78, 5) is 16.4. The number of piperazine rings is 1. The zero-order valence-electron chi connectivity index (χ0n) is 12.7. The maximum Gasteiger partial charge on any atom is 0.236 e. The van der Waals surface area contributed by atoms with Crippen molar-refractivity contribution in [2.75, 3.05) is 39.8 Å². The molecule has 2 unspecified atom stereocenters. The summed E-state index contributed by atoms with van der Waals surface area (Å²) in [6.07, 6.45) is 3.78. The lowest BCUT2D eigenvalue weighted by atomic mass is 9.80. The highest BCUT2D eigenvalue weighted by molar-refractivity contribution is 5.78. The minimum Gasteiger partial charge on any atom is -0.339 e.